The van der Waals surface area contributed by atoms with E-state index < -0.39 is 0 Å². The first-order valence-corrected chi connectivity index (χ1v) is 9.42. The predicted octanol–water partition coefficient (Wildman–Crippen LogP) is 2.84. The number of nitrogens with zero attached hydrogens (tertiary/aromatic N) is 1. The summed E-state index contributed by atoms with van der Waals surface area (Å²) < 4.78 is 0. The van der Waals surface area contributed by atoms with Crippen LogP contribution in [0, 0.1) is 0 Å². The Balaban J connectivity index is 2.53. The van der Waals surface area contributed by atoms with Crippen LogP contribution in [0.2, 0.25) is 0 Å². The molecule has 0 saturated heterocycles. The van der Waals surface area contributed by atoms with E-state index in [1.807, 2.05) is 36.0 Å². The van der Waals surface area contributed by atoms with Gasteiger partial charge in [0.2, 0.25) is 5.91 Å². The van der Waals surface area contributed by atoms with Gasteiger partial charge in [-0.2, -0.15) is 11.8 Å². The lowest BCUT2D eigenvalue weighted by molar-refractivity contribution is -0.114. The van der Waals surface area contributed by atoms with Gasteiger partial charge in [0.25, 0.3) is 0 Å². The zero-order valence-electron chi connectivity index (χ0n) is 14.3. The van der Waals surface area contributed by atoms with Crippen molar-refractivity contribution in [3.8, 4) is 0 Å². The smallest absolute Gasteiger partial charge is 0.221 e. The number of benzene rings is 1. The molecule has 0 aliphatic carbocycles. The summed E-state index contributed by atoms with van der Waals surface area (Å²) in [6.45, 7) is 5.91. The lowest BCUT2D eigenvalue weighted by Crippen LogP contribution is -2.37. The topological polar surface area (TPSA) is 65.5 Å². The Kier molecular flexibility index (Phi) is 9.95. The van der Waals surface area contributed by atoms with E-state index in [1.54, 1.807) is 0 Å². The predicted molar refractivity (Wildman–Crippen MR) is 101 cm³/mol. The molecule has 0 bridgehead atoms. The van der Waals surface area contributed by atoms with E-state index in [0.717, 1.165) is 36.7 Å². The molecule has 0 saturated carbocycles. The largest absolute Gasteiger partial charge is 0.357 e. The number of carbonyl (C=O) groups is 1. The van der Waals surface area contributed by atoms with Gasteiger partial charge in [0.05, 0.1) is 6.54 Å². The summed E-state index contributed by atoms with van der Waals surface area (Å²) in [5, 5.41) is 9.40. The van der Waals surface area contributed by atoms with Crippen molar-refractivity contribution in [2.24, 2.45) is 4.99 Å². The molecule has 0 fully saturated rings. The van der Waals surface area contributed by atoms with Crippen LogP contribution in [-0.2, 0) is 11.3 Å². The highest BCUT2D eigenvalue weighted by Gasteiger charge is 2.00. The Bertz CT molecular complexity index is 505. The van der Waals surface area contributed by atoms with E-state index in [4.69, 9.17) is 0 Å². The van der Waals surface area contributed by atoms with Crippen LogP contribution in [0.1, 0.15) is 32.3 Å². The van der Waals surface area contributed by atoms with Crippen LogP contribution in [0.3, 0.4) is 0 Å². The first-order chi connectivity index (χ1) is 11.2. The highest BCUT2D eigenvalue weighted by Crippen LogP contribution is 2.11. The normalized spacial score (nSPS) is 11.2. The Hall–Kier alpha value is -1.69. The van der Waals surface area contributed by atoms with E-state index in [2.05, 4.69) is 34.1 Å². The first-order valence-electron chi connectivity index (χ1n) is 8.03. The highest BCUT2D eigenvalue weighted by atomic mass is 32.2. The van der Waals surface area contributed by atoms with Crippen molar-refractivity contribution in [1.82, 2.24) is 10.6 Å². The highest BCUT2D eigenvalue weighted by molar-refractivity contribution is 7.98. The molecular formula is C17H28N4OS. The summed E-state index contributed by atoms with van der Waals surface area (Å²) in [6, 6.07) is 7.77. The molecule has 1 amide bonds. The Morgan fingerprint density at radius 2 is 2.09 bits per heavy atom. The van der Waals surface area contributed by atoms with Crippen molar-refractivity contribution in [3.05, 3.63) is 29.8 Å². The fourth-order valence-electron chi connectivity index (χ4n) is 2.04. The molecule has 0 heterocycles. The van der Waals surface area contributed by atoms with Gasteiger partial charge in [-0.15, -0.1) is 0 Å². The number of hydrogen-bond acceptors (Lipinski definition) is 3. The third-order valence-electron chi connectivity index (χ3n) is 3.08. The quantitative estimate of drug-likeness (QED) is 0.369. The van der Waals surface area contributed by atoms with Gasteiger partial charge in [-0.3, -0.25) is 4.79 Å². The van der Waals surface area contributed by atoms with Gasteiger partial charge in [0.15, 0.2) is 5.96 Å². The lowest BCUT2D eigenvalue weighted by atomic mass is 10.2. The third-order valence-corrected chi connectivity index (χ3v) is 3.78. The Labute approximate surface area is 143 Å². The third kappa shape index (κ3) is 9.13. The van der Waals surface area contributed by atoms with E-state index in [1.165, 1.54) is 19.1 Å². The zero-order chi connectivity index (χ0) is 16.9. The van der Waals surface area contributed by atoms with Crippen LogP contribution in [0.5, 0.6) is 0 Å². The van der Waals surface area contributed by atoms with Crippen molar-refractivity contribution in [2.75, 3.05) is 30.4 Å². The minimum Gasteiger partial charge on any atom is -0.357 e. The van der Waals surface area contributed by atoms with E-state index >= 15 is 0 Å². The molecule has 5 nitrogen and oxygen atoms in total. The van der Waals surface area contributed by atoms with Crippen LogP contribution in [0.4, 0.5) is 5.69 Å². The van der Waals surface area contributed by atoms with Gasteiger partial charge in [-0.1, -0.05) is 12.1 Å². The second kappa shape index (κ2) is 11.8. The summed E-state index contributed by atoms with van der Waals surface area (Å²) in [4.78, 5) is 15.7. The number of carbonyl (C=O) groups excluding carboxylic acids is 1. The number of hydrogen-bond donors (Lipinski definition) is 3. The summed E-state index contributed by atoms with van der Waals surface area (Å²) in [7, 11) is 0. The number of nitrogens with one attached hydrogen (secondary N) is 3. The van der Waals surface area contributed by atoms with Gasteiger partial charge in [0, 0.05) is 25.7 Å². The van der Waals surface area contributed by atoms with E-state index in [9.17, 15) is 4.79 Å². The molecule has 6 heteroatoms. The van der Waals surface area contributed by atoms with Gasteiger partial charge in [0.1, 0.15) is 0 Å². The van der Waals surface area contributed by atoms with Gasteiger partial charge in [-0.05, 0) is 49.5 Å². The number of anilines is 1. The maximum atomic E-state index is 11.1. The minimum atomic E-state index is -0.0640. The average molecular weight is 337 g/mol. The molecule has 23 heavy (non-hydrogen) atoms. The monoisotopic (exact) mass is 336 g/mol. The van der Waals surface area contributed by atoms with Crippen molar-refractivity contribution >= 4 is 29.3 Å². The minimum absolute atomic E-state index is 0.0640. The van der Waals surface area contributed by atoms with Crippen LogP contribution in [-0.4, -0.2) is 37.0 Å². The second-order valence-corrected chi connectivity index (χ2v) is 6.19. The Morgan fingerprint density at radius 1 is 1.26 bits per heavy atom. The SMILES string of the molecule is CCNC(=NCc1cccc(NC(C)=O)c1)NCCCCSC. The summed E-state index contributed by atoms with van der Waals surface area (Å²) in [5.74, 6) is 1.97. The van der Waals surface area contributed by atoms with Crippen molar-refractivity contribution in [2.45, 2.75) is 33.2 Å². The van der Waals surface area contributed by atoms with Crippen LogP contribution in [0.15, 0.2) is 29.3 Å². The fourth-order valence-corrected chi connectivity index (χ4v) is 2.53. The van der Waals surface area contributed by atoms with Crippen LogP contribution in [0.25, 0.3) is 0 Å². The maximum absolute atomic E-state index is 11.1. The van der Waals surface area contributed by atoms with Crippen LogP contribution >= 0.6 is 11.8 Å². The molecule has 0 aliphatic rings. The summed E-state index contributed by atoms with van der Waals surface area (Å²) in [6.07, 6.45) is 4.49. The molecular weight excluding hydrogens is 308 g/mol. The molecule has 0 aromatic heterocycles. The number of rotatable bonds is 9. The number of aliphatic imine (C=N–C) groups is 1. The summed E-state index contributed by atoms with van der Waals surface area (Å²) >= 11 is 1.88. The number of guanidine groups is 1. The maximum Gasteiger partial charge on any atom is 0.221 e. The molecule has 0 aliphatic heterocycles. The average Bonchev–Trinajstić information content (AvgIpc) is 2.52. The number of thioether (sulfide) groups is 1. The van der Waals surface area contributed by atoms with Crippen LogP contribution < -0.4 is 16.0 Å². The summed E-state index contributed by atoms with van der Waals surface area (Å²) in [5.41, 5.74) is 1.87. The van der Waals surface area contributed by atoms with Gasteiger partial charge < -0.3 is 16.0 Å². The van der Waals surface area contributed by atoms with Crippen molar-refractivity contribution < 1.29 is 4.79 Å². The first kappa shape index (κ1) is 19.4. The molecule has 0 spiro atoms. The lowest BCUT2D eigenvalue weighted by Gasteiger charge is -2.11. The molecule has 1 aromatic rings. The molecule has 1 aromatic carbocycles. The molecule has 0 atom stereocenters. The molecule has 0 unspecified atom stereocenters. The van der Waals surface area contributed by atoms with E-state index in [0.29, 0.717) is 6.54 Å². The zero-order valence-corrected chi connectivity index (χ0v) is 15.1. The number of unbranched alkanes of at least 4 members (excludes halogenated alkanes) is 1. The van der Waals surface area contributed by atoms with Gasteiger partial charge in [-0.25, -0.2) is 4.99 Å². The Morgan fingerprint density at radius 3 is 2.78 bits per heavy atom. The van der Waals surface area contributed by atoms with E-state index in [-0.39, 0.29) is 5.91 Å². The number of amides is 1. The fraction of sp³-hybridized carbons (Fsp3) is 0.529. The van der Waals surface area contributed by atoms with Crippen molar-refractivity contribution in [1.29, 1.82) is 0 Å². The molecule has 128 valence electrons. The molecule has 3 N–H and O–H groups in total. The molecule has 0 radical (unpaired) electrons. The molecule has 1 rings (SSSR count). The standard InChI is InChI=1S/C17H28N4OS/c1-4-18-17(19-10-5-6-11-23-3)20-13-15-8-7-9-16(12-15)21-14(2)22/h7-9,12H,4-6,10-11,13H2,1-3H3,(H,21,22)(H2,18,19,20). The second-order valence-electron chi connectivity index (χ2n) is 5.20. The van der Waals surface area contributed by atoms with Crippen molar-refractivity contribution in [3.63, 3.8) is 0 Å². The van der Waals surface area contributed by atoms with Gasteiger partial charge >= 0.3 is 0 Å².